The number of ether oxygens (including phenoxy) is 1. The molecule has 0 spiro atoms. The van der Waals surface area contributed by atoms with Gasteiger partial charge in [0.2, 0.25) is 0 Å². The number of hydrogen-bond donors (Lipinski definition) is 1. The standard InChI is InChI=1S/C21H18N4O2/c1-27-20-9-6-17-10-15(2-3-18(17)11-20)12-23-21(26)16-4-7-19(8-5-16)25-14-22-13-24-25/h2-11,13-14H,12H2,1H3,(H,23,26). The fourth-order valence-corrected chi connectivity index (χ4v) is 2.90. The second kappa shape index (κ2) is 7.29. The van der Waals surface area contributed by atoms with Crippen molar-refractivity contribution >= 4 is 16.7 Å². The average Bonchev–Trinajstić information content (AvgIpc) is 3.26. The quantitative estimate of drug-likeness (QED) is 0.594. The first kappa shape index (κ1) is 16.8. The second-order valence-corrected chi connectivity index (χ2v) is 6.12. The maximum absolute atomic E-state index is 12.4. The number of hydrogen-bond acceptors (Lipinski definition) is 4. The molecule has 0 saturated heterocycles. The number of nitrogens with one attached hydrogen (secondary N) is 1. The smallest absolute Gasteiger partial charge is 0.251 e. The zero-order valence-electron chi connectivity index (χ0n) is 14.8. The van der Waals surface area contributed by atoms with Crippen LogP contribution in [0.4, 0.5) is 0 Å². The summed E-state index contributed by atoms with van der Waals surface area (Å²) in [6.07, 6.45) is 3.09. The molecule has 3 aromatic carbocycles. The van der Waals surface area contributed by atoms with Gasteiger partial charge in [0.15, 0.2) is 0 Å². The Kier molecular flexibility index (Phi) is 4.53. The Hall–Kier alpha value is -3.67. The Bertz CT molecular complexity index is 1070. The van der Waals surface area contributed by atoms with Gasteiger partial charge in [-0.25, -0.2) is 9.67 Å². The van der Waals surface area contributed by atoms with E-state index in [4.69, 9.17) is 4.74 Å². The summed E-state index contributed by atoms with van der Waals surface area (Å²) in [5, 5.41) is 9.24. The molecule has 0 radical (unpaired) electrons. The fraction of sp³-hybridized carbons (Fsp3) is 0.0952. The van der Waals surface area contributed by atoms with Crippen LogP contribution >= 0.6 is 0 Å². The van der Waals surface area contributed by atoms with Gasteiger partial charge in [-0.1, -0.05) is 18.2 Å². The molecule has 1 aromatic heterocycles. The first-order valence-electron chi connectivity index (χ1n) is 8.53. The Morgan fingerprint density at radius 3 is 2.56 bits per heavy atom. The summed E-state index contributed by atoms with van der Waals surface area (Å²) in [4.78, 5) is 16.3. The van der Waals surface area contributed by atoms with Crippen molar-refractivity contribution in [2.45, 2.75) is 6.54 Å². The van der Waals surface area contributed by atoms with Gasteiger partial charge >= 0.3 is 0 Å². The minimum atomic E-state index is -0.116. The molecule has 0 aliphatic heterocycles. The van der Waals surface area contributed by atoms with Crippen LogP contribution in [0.15, 0.2) is 73.3 Å². The van der Waals surface area contributed by atoms with Gasteiger partial charge in [-0.2, -0.15) is 5.10 Å². The first-order valence-corrected chi connectivity index (χ1v) is 8.53. The van der Waals surface area contributed by atoms with E-state index < -0.39 is 0 Å². The number of amides is 1. The predicted molar refractivity (Wildman–Crippen MR) is 103 cm³/mol. The van der Waals surface area contributed by atoms with Crippen LogP contribution < -0.4 is 10.1 Å². The van der Waals surface area contributed by atoms with Crippen molar-refractivity contribution in [1.29, 1.82) is 0 Å². The monoisotopic (exact) mass is 358 g/mol. The van der Waals surface area contributed by atoms with Crippen LogP contribution in [0.25, 0.3) is 16.5 Å². The molecule has 4 aromatic rings. The van der Waals surface area contributed by atoms with Crippen LogP contribution in [0.5, 0.6) is 5.75 Å². The highest BCUT2D eigenvalue weighted by Crippen LogP contribution is 2.22. The lowest BCUT2D eigenvalue weighted by molar-refractivity contribution is 0.0951. The van der Waals surface area contributed by atoms with Gasteiger partial charge in [-0.15, -0.1) is 0 Å². The lowest BCUT2D eigenvalue weighted by Crippen LogP contribution is -2.22. The molecule has 0 saturated carbocycles. The van der Waals surface area contributed by atoms with E-state index in [1.54, 1.807) is 30.3 Å². The maximum Gasteiger partial charge on any atom is 0.251 e. The van der Waals surface area contributed by atoms with Gasteiger partial charge < -0.3 is 10.1 Å². The summed E-state index contributed by atoms with van der Waals surface area (Å²) in [6, 6.07) is 19.3. The predicted octanol–water partition coefficient (Wildman–Crippen LogP) is 3.36. The largest absolute Gasteiger partial charge is 0.497 e. The van der Waals surface area contributed by atoms with E-state index in [0.29, 0.717) is 12.1 Å². The maximum atomic E-state index is 12.4. The third-order valence-electron chi connectivity index (χ3n) is 4.38. The SMILES string of the molecule is COc1ccc2cc(CNC(=O)c3ccc(-n4cncn4)cc3)ccc2c1. The zero-order chi connectivity index (χ0) is 18.6. The number of fused-ring (bicyclic) bond motifs is 1. The molecule has 6 nitrogen and oxygen atoms in total. The number of methoxy groups -OCH3 is 1. The van der Waals surface area contributed by atoms with Crippen LogP contribution in [0, 0.1) is 0 Å². The summed E-state index contributed by atoms with van der Waals surface area (Å²) >= 11 is 0. The van der Waals surface area contributed by atoms with Gasteiger partial charge in [0.05, 0.1) is 12.8 Å². The molecule has 6 heteroatoms. The summed E-state index contributed by atoms with van der Waals surface area (Å²) in [6.45, 7) is 0.464. The lowest BCUT2D eigenvalue weighted by atomic mass is 10.1. The number of carbonyl (C=O) groups excluding carboxylic acids is 1. The van der Waals surface area contributed by atoms with E-state index in [9.17, 15) is 4.79 Å². The van der Waals surface area contributed by atoms with Crippen molar-refractivity contribution in [3.8, 4) is 11.4 Å². The molecular weight excluding hydrogens is 340 g/mol. The highest BCUT2D eigenvalue weighted by molar-refractivity contribution is 5.94. The molecule has 0 bridgehead atoms. The van der Waals surface area contributed by atoms with Crippen molar-refractivity contribution in [2.75, 3.05) is 7.11 Å². The molecule has 27 heavy (non-hydrogen) atoms. The topological polar surface area (TPSA) is 69.0 Å². The molecule has 134 valence electrons. The van der Waals surface area contributed by atoms with Gasteiger partial charge in [-0.3, -0.25) is 4.79 Å². The Morgan fingerprint density at radius 1 is 1.04 bits per heavy atom. The van der Waals surface area contributed by atoms with Gasteiger partial charge in [-0.05, 0) is 58.8 Å². The molecular formula is C21H18N4O2. The molecule has 0 atom stereocenters. The normalized spacial score (nSPS) is 10.7. The van der Waals surface area contributed by atoms with Crippen molar-refractivity contribution in [1.82, 2.24) is 20.1 Å². The minimum absolute atomic E-state index is 0.116. The number of rotatable bonds is 5. The minimum Gasteiger partial charge on any atom is -0.497 e. The van der Waals surface area contributed by atoms with Crippen LogP contribution in [0.3, 0.4) is 0 Å². The molecule has 0 aliphatic rings. The molecule has 1 N–H and O–H groups in total. The molecule has 1 heterocycles. The van der Waals surface area contributed by atoms with E-state index >= 15 is 0 Å². The number of carbonyl (C=O) groups is 1. The van der Waals surface area contributed by atoms with E-state index in [2.05, 4.69) is 21.5 Å². The number of benzene rings is 3. The fourth-order valence-electron chi connectivity index (χ4n) is 2.90. The van der Waals surface area contributed by atoms with E-state index in [0.717, 1.165) is 27.8 Å². The Morgan fingerprint density at radius 2 is 1.81 bits per heavy atom. The Labute approximate surface area is 156 Å². The van der Waals surface area contributed by atoms with E-state index in [1.807, 2.05) is 42.5 Å². The van der Waals surface area contributed by atoms with Crippen LogP contribution in [0.1, 0.15) is 15.9 Å². The van der Waals surface area contributed by atoms with Crippen LogP contribution in [0.2, 0.25) is 0 Å². The summed E-state index contributed by atoms with van der Waals surface area (Å²) < 4.78 is 6.89. The van der Waals surface area contributed by atoms with Gasteiger partial charge in [0.1, 0.15) is 18.4 Å². The number of nitrogens with zero attached hydrogens (tertiary/aromatic N) is 3. The molecule has 4 rings (SSSR count). The van der Waals surface area contributed by atoms with E-state index in [-0.39, 0.29) is 5.91 Å². The lowest BCUT2D eigenvalue weighted by Gasteiger charge is -2.08. The second-order valence-electron chi connectivity index (χ2n) is 6.12. The highest BCUT2D eigenvalue weighted by atomic mass is 16.5. The summed E-state index contributed by atoms with van der Waals surface area (Å²) in [5.74, 6) is 0.716. The van der Waals surface area contributed by atoms with Crippen LogP contribution in [-0.2, 0) is 6.54 Å². The zero-order valence-corrected chi connectivity index (χ0v) is 14.8. The Balaban J connectivity index is 1.43. The highest BCUT2D eigenvalue weighted by Gasteiger charge is 2.07. The molecule has 0 unspecified atom stereocenters. The van der Waals surface area contributed by atoms with Crippen LogP contribution in [-0.4, -0.2) is 27.8 Å². The third kappa shape index (κ3) is 3.64. The third-order valence-corrected chi connectivity index (χ3v) is 4.38. The van der Waals surface area contributed by atoms with Gasteiger partial charge in [0, 0.05) is 12.1 Å². The van der Waals surface area contributed by atoms with Crippen molar-refractivity contribution in [2.24, 2.45) is 0 Å². The molecule has 1 amide bonds. The van der Waals surface area contributed by atoms with Crippen molar-refractivity contribution in [3.63, 3.8) is 0 Å². The number of aromatic nitrogens is 3. The van der Waals surface area contributed by atoms with Crippen molar-refractivity contribution in [3.05, 3.63) is 84.4 Å². The van der Waals surface area contributed by atoms with Crippen molar-refractivity contribution < 1.29 is 9.53 Å². The molecule has 0 aliphatic carbocycles. The average molecular weight is 358 g/mol. The first-order chi connectivity index (χ1) is 13.2. The van der Waals surface area contributed by atoms with Gasteiger partial charge in [0.25, 0.3) is 5.91 Å². The summed E-state index contributed by atoms with van der Waals surface area (Å²) in [7, 11) is 1.66. The summed E-state index contributed by atoms with van der Waals surface area (Å²) in [5.41, 5.74) is 2.50. The van der Waals surface area contributed by atoms with E-state index in [1.165, 1.54) is 6.33 Å². The molecule has 0 fully saturated rings.